The molecule has 6 nitrogen and oxygen atoms in total. The molecule has 1 N–H and O–H groups in total. The Labute approximate surface area is 277 Å². The molecule has 0 radical (unpaired) electrons. The standard InChI is InChI=1S/C39H51NO5Si/c1-39(2,3)46(36-25-14-9-15-26-36,37-27-16-10-17-28-37)45-30-18-7-5-6-13-23-35(41)24-19-22-34(40-38(42)43-4)29-31-44-32-33-20-11-8-12-21-33/h8-12,14-17,20-21,25-28,34H,6,13,18-19,22-24,29-32H2,1-4H3,(H,40,42)/t34-/m0/s1. The van der Waals surface area contributed by atoms with Crippen molar-refractivity contribution in [1.82, 2.24) is 5.32 Å². The summed E-state index contributed by atoms with van der Waals surface area (Å²) in [5.74, 6) is 6.75. The van der Waals surface area contributed by atoms with Crippen LogP contribution in [0.3, 0.4) is 0 Å². The van der Waals surface area contributed by atoms with E-state index in [4.69, 9.17) is 13.9 Å². The van der Waals surface area contributed by atoms with Gasteiger partial charge in [0.25, 0.3) is 8.32 Å². The van der Waals surface area contributed by atoms with Gasteiger partial charge in [-0.1, -0.05) is 112 Å². The van der Waals surface area contributed by atoms with Crippen molar-refractivity contribution in [3.05, 3.63) is 96.6 Å². The van der Waals surface area contributed by atoms with Gasteiger partial charge in [0.1, 0.15) is 5.78 Å². The Balaban J connectivity index is 1.39. The van der Waals surface area contributed by atoms with E-state index < -0.39 is 14.4 Å². The number of benzene rings is 3. The van der Waals surface area contributed by atoms with E-state index >= 15 is 0 Å². The predicted octanol–water partition coefficient (Wildman–Crippen LogP) is 7.20. The number of nitrogens with one attached hydrogen (secondary N) is 1. The number of unbranched alkanes of at least 4 members (excludes halogenated alkanes) is 1. The number of hydrogen-bond acceptors (Lipinski definition) is 5. The van der Waals surface area contributed by atoms with E-state index in [2.05, 4.69) is 98.6 Å². The molecule has 0 unspecified atom stereocenters. The summed E-state index contributed by atoms with van der Waals surface area (Å²) in [4.78, 5) is 24.3. The van der Waals surface area contributed by atoms with Gasteiger partial charge in [-0.2, -0.15) is 0 Å². The van der Waals surface area contributed by atoms with Crippen LogP contribution in [0.5, 0.6) is 0 Å². The van der Waals surface area contributed by atoms with E-state index in [1.165, 1.54) is 17.5 Å². The molecule has 0 bridgehead atoms. The summed E-state index contributed by atoms with van der Waals surface area (Å²) >= 11 is 0. The van der Waals surface area contributed by atoms with Crippen molar-refractivity contribution >= 4 is 30.6 Å². The molecule has 0 aliphatic rings. The van der Waals surface area contributed by atoms with Gasteiger partial charge < -0.3 is 19.2 Å². The Kier molecular flexibility index (Phi) is 15.8. The summed E-state index contributed by atoms with van der Waals surface area (Å²) in [5.41, 5.74) is 1.11. The first-order chi connectivity index (χ1) is 22.3. The Bertz CT molecular complexity index is 1320. The third kappa shape index (κ3) is 11.9. The van der Waals surface area contributed by atoms with Crippen LogP contribution in [-0.2, 0) is 25.3 Å². The van der Waals surface area contributed by atoms with Gasteiger partial charge in [-0.25, -0.2) is 4.79 Å². The van der Waals surface area contributed by atoms with Crippen LogP contribution in [0.1, 0.15) is 77.7 Å². The minimum absolute atomic E-state index is 0.0605. The highest BCUT2D eigenvalue weighted by Gasteiger charge is 2.49. The number of ether oxygens (including phenoxy) is 2. The van der Waals surface area contributed by atoms with Crippen molar-refractivity contribution in [3.63, 3.8) is 0 Å². The zero-order valence-electron chi connectivity index (χ0n) is 28.1. The van der Waals surface area contributed by atoms with Gasteiger partial charge >= 0.3 is 6.09 Å². The fourth-order valence-corrected chi connectivity index (χ4v) is 10.3. The van der Waals surface area contributed by atoms with Gasteiger partial charge in [-0.05, 0) is 46.7 Å². The molecule has 0 aliphatic heterocycles. The van der Waals surface area contributed by atoms with Crippen molar-refractivity contribution in [2.24, 2.45) is 0 Å². The molecule has 0 aliphatic carbocycles. The smallest absolute Gasteiger partial charge is 0.407 e. The second-order valence-corrected chi connectivity index (χ2v) is 16.9. The number of Topliss-reactive ketones (excluding diaryl/α,β-unsaturated/α-hetero) is 1. The molecule has 3 aromatic carbocycles. The van der Waals surface area contributed by atoms with Crippen LogP contribution in [0.2, 0.25) is 5.04 Å². The van der Waals surface area contributed by atoms with E-state index in [1.54, 1.807) is 0 Å². The molecular weight excluding hydrogens is 591 g/mol. The van der Waals surface area contributed by atoms with Gasteiger partial charge in [0.05, 0.1) is 13.7 Å². The monoisotopic (exact) mass is 641 g/mol. The predicted molar refractivity (Wildman–Crippen MR) is 189 cm³/mol. The number of alkyl carbamates (subject to hydrolysis) is 1. The number of ketones is 1. The normalized spacial score (nSPS) is 12.1. The summed E-state index contributed by atoms with van der Waals surface area (Å²) < 4.78 is 17.5. The first-order valence-corrected chi connectivity index (χ1v) is 18.4. The zero-order valence-corrected chi connectivity index (χ0v) is 29.1. The van der Waals surface area contributed by atoms with E-state index in [0.29, 0.717) is 64.8 Å². The summed E-state index contributed by atoms with van der Waals surface area (Å²) in [5, 5.41) is 5.35. The van der Waals surface area contributed by atoms with E-state index in [9.17, 15) is 9.59 Å². The van der Waals surface area contributed by atoms with Crippen molar-refractivity contribution in [2.75, 3.05) is 20.3 Å². The summed E-state index contributed by atoms with van der Waals surface area (Å²) in [6, 6.07) is 31.2. The molecule has 246 valence electrons. The molecule has 0 aromatic heterocycles. The van der Waals surface area contributed by atoms with E-state index in [0.717, 1.165) is 12.0 Å². The van der Waals surface area contributed by atoms with Crippen molar-refractivity contribution in [3.8, 4) is 11.8 Å². The van der Waals surface area contributed by atoms with E-state index in [-0.39, 0.29) is 16.9 Å². The summed E-state index contributed by atoms with van der Waals surface area (Å²) in [7, 11) is -1.19. The lowest BCUT2D eigenvalue weighted by Gasteiger charge is -2.43. The fourth-order valence-electron chi connectivity index (χ4n) is 5.74. The van der Waals surface area contributed by atoms with Crippen molar-refractivity contribution < 1.29 is 23.5 Å². The Morgan fingerprint density at radius 1 is 0.761 bits per heavy atom. The number of rotatable bonds is 18. The van der Waals surface area contributed by atoms with Crippen LogP contribution in [-0.4, -0.2) is 46.6 Å². The molecule has 0 saturated carbocycles. The quantitative estimate of drug-likeness (QED) is 0.0904. The molecule has 3 rings (SSSR count). The highest BCUT2D eigenvalue weighted by atomic mass is 28.4. The van der Waals surface area contributed by atoms with Crippen LogP contribution >= 0.6 is 0 Å². The molecule has 1 atom stereocenters. The van der Waals surface area contributed by atoms with Crippen molar-refractivity contribution in [2.45, 2.75) is 89.8 Å². The minimum Gasteiger partial charge on any atom is -0.453 e. The molecule has 0 saturated heterocycles. The minimum atomic E-state index is -2.55. The zero-order chi connectivity index (χ0) is 33.1. The third-order valence-electron chi connectivity index (χ3n) is 8.08. The first kappa shape index (κ1) is 36.8. The van der Waals surface area contributed by atoms with E-state index in [1.807, 2.05) is 30.3 Å². The number of methoxy groups -OCH3 is 1. The number of carbonyl (C=O) groups excluding carboxylic acids is 2. The lowest BCUT2D eigenvalue weighted by molar-refractivity contribution is -0.119. The Morgan fingerprint density at radius 3 is 1.91 bits per heavy atom. The Morgan fingerprint density at radius 2 is 1.33 bits per heavy atom. The molecule has 0 fully saturated rings. The number of hydrogen-bond donors (Lipinski definition) is 1. The number of carbonyl (C=O) groups is 2. The molecule has 1 amide bonds. The van der Waals surface area contributed by atoms with Gasteiger partial charge in [0.2, 0.25) is 0 Å². The average Bonchev–Trinajstić information content (AvgIpc) is 3.06. The van der Waals surface area contributed by atoms with Crippen LogP contribution in [0, 0.1) is 11.8 Å². The Hall–Kier alpha value is -3.70. The summed E-state index contributed by atoms with van der Waals surface area (Å²) in [6.45, 7) is 8.44. The highest BCUT2D eigenvalue weighted by molar-refractivity contribution is 6.99. The lowest BCUT2D eigenvalue weighted by Crippen LogP contribution is -2.66. The molecular formula is C39H51NO5Si. The average molecular weight is 642 g/mol. The molecule has 7 heteroatoms. The van der Waals surface area contributed by atoms with Crippen molar-refractivity contribution in [1.29, 1.82) is 0 Å². The second kappa shape index (κ2) is 19.7. The maximum Gasteiger partial charge on any atom is 0.407 e. The van der Waals surface area contributed by atoms with Gasteiger partial charge in [-0.15, -0.1) is 11.8 Å². The molecule has 3 aromatic rings. The summed E-state index contributed by atoms with van der Waals surface area (Å²) in [6.07, 6.45) is 4.70. The highest BCUT2D eigenvalue weighted by Crippen LogP contribution is 2.36. The molecule has 0 heterocycles. The van der Waals surface area contributed by atoms with Crippen LogP contribution in [0.4, 0.5) is 4.79 Å². The molecule has 46 heavy (non-hydrogen) atoms. The second-order valence-electron chi connectivity index (χ2n) is 12.6. The maximum absolute atomic E-state index is 12.5. The largest absolute Gasteiger partial charge is 0.453 e. The SMILES string of the molecule is COC(=O)N[C@@H](CCCC(=O)CCCC#CCCO[Si](c1ccccc1)(c1ccccc1)C(C)(C)C)CCOCc1ccccc1. The lowest BCUT2D eigenvalue weighted by atomic mass is 10.0. The van der Waals surface area contributed by atoms with Crippen LogP contribution in [0.25, 0.3) is 0 Å². The van der Waals surface area contributed by atoms with Gasteiger partial charge in [-0.3, -0.25) is 4.79 Å². The third-order valence-corrected chi connectivity index (χ3v) is 13.1. The molecule has 0 spiro atoms. The first-order valence-electron chi connectivity index (χ1n) is 16.4. The van der Waals surface area contributed by atoms with Gasteiger partial charge in [0.15, 0.2) is 0 Å². The van der Waals surface area contributed by atoms with Crippen LogP contribution in [0.15, 0.2) is 91.0 Å². The fraction of sp³-hybridized carbons (Fsp3) is 0.436. The van der Waals surface area contributed by atoms with Gasteiger partial charge in [0, 0.05) is 44.9 Å². The topological polar surface area (TPSA) is 73.9 Å². The maximum atomic E-state index is 12.5. The van der Waals surface area contributed by atoms with Crippen LogP contribution < -0.4 is 15.7 Å². The number of amides is 1.